The minimum absolute atomic E-state index is 0.204. The molecule has 0 atom stereocenters. The molecule has 2 amide bonds. The largest absolute Gasteiger partial charge is 0.325 e. The number of aromatic nitrogens is 2. The summed E-state index contributed by atoms with van der Waals surface area (Å²) < 4.78 is 0. The van der Waals surface area contributed by atoms with Crippen LogP contribution in [0, 0.1) is 13.8 Å². The van der Waals surface area contributed by atoms with Crippen LogP contribution in [0.25, 0.3) is 0 Å². The normalized spacial score (nSPS) is 10.0. The minimum atomic E-state index is -0.375. The molecule has 0 saturated carbocycles. The van der Waals surface area contributed by atoms with Crippen molar-refractivity contribution < 1.29 is 9.59 Å². The summed E-state index contributed by atoms with van der Waals surface area (Å²) in [5.41, 5.74) is 2.99. The summed E-state index contributed by atoms with van der Waals surface area (Å²) >= 11 is 0. The minimum Gasteiger partial charge on any atom is -0.325 e. The monoisotopic (exact) mass is 284 g/mol. The zero-order valence-electron chi connectivity index (χ0n) is 12.1. The molecular weight excluding hydrogens is 268 g/mol. The summed E-state index contributed by atoms with van der Waals surface area (Å²) in [4.78, 5) is 31.4. The first kappa shape index (κ1) is 14.6. The Kier molecular flexibility index (Phi) is 4.27. The van der Waals surface area contributed by atoms with Gasteiger partial charge in [0.2, 0.25) is 5.91 Å². The number of rotatable bonds is 3. The molecule has 0 bridgehead atoms. The molecule has 2 aromatic rings. The number of benzene rings is 1. The van der Waals surface area contributed by atoms with Gasteiger partial charge in [0, 0.05) is 13.1 Å². The molecule has 0 aliphatic rings. The van der Waals surface area contributed by atoms with Crippen LogP contribution in [0.5, 0.6) is 0 Å². The average molecular weight is 284 g/mol. The predicted molar refractivity (Wildman–Crippen MR) is 80.2 cm³/mol. The highest BCUT2D eigenvalue weighted by Crippen LogP contribution is 2.23. The first-order valence-corrected chi connectivity index (χ1v) is 6.44. The molecule has 0 saturated heterocycles. The molecular formula is C15H16N4O2. The van der Waals surface area contributed by atoms with Gasteiger partial charge in [-0.1, -0.05) is 6.07 Å². The molecule has 0 aliphatic heterocycles. The smallest absolute Gasteiger partial charge is 0.275 e. The lowest BCUT2D eigenvalue weighted by molar-refractivity contribution is -0.114. The summed E-state index contributed by atoms with van der Waals surface area (Å²) in [5, 5.41) is 5.41. The molecule has 6 nitrogen and oxygen atoms in total. The lowest BCUT2D eigenvalue weighted by atomic mass is 10.2. The second kappa shape index (κ2) is 6.13. The van der Waals surface area contributed by atoms with Gasteiger partial charge in [0.15, 0.2) is 0 Å². The first-order valence-electron chi connectivity index (χ1n) is 6.44. The second-order valence-corrected chi connectivity index (χ2v) is 4.73. The van der Waals surface area contributed by atoms with Crippen molar-refractivity contribution in [3.63, 3.8) is 0 Å². The third-order valence-electron chi connectivity index (χ3n) is 2.75. The summed E-state index contributed by atoms with van der Waals surface area (Å²) in [6, 6.07) is 5.38. The van der Waals surface area contributed by atoms with E-state index in [4.69, 9.17) is 0 Å². The van der Waals surface area contributed by atoms with Crippen LogP contribution in [0.3, 0.4) is 0 Å². The first-order chi connectivity index (χ1) is 9.95. The highest BCUT2D eigenvalue weighted by atomic mass is 16.2. The Labute approximate surface area is 122 Å². The van der Waals surface area contributed by atoms with Crippen molar-refractivity contribution in [1.82, 2.24) is 9.97 Å². The molecule has 2 rings (SSSR count). The fraction of sp³-hybridized carbons (Fsp3) is 0.200. The molecule has 0 fully saturated rings. The van der Waals surface area contributed by atoms with Crippen molar-refractivity contribution in [1.29, 1.82) is 0 Å². The number of carbonyl (C=O) groups is 2. The molecule has 0 aliphatic carbocycles. The van der Waals surface area contributed by atoms with E-state index in [1.165, 1.54) is 19.3 Å². The number of aryl methyl sites for hydroxylation is 2. The average Bonchev–Trinajstić information content (AvgIpc) is 2.42. The quantitative estimate of drug-likeness (QED) is 0.905. The standard InChI is InChI=1S/C15H16N4O2/c1-9-4-5-12(18-11(3)20)13(6-9)19-15(21)14-8-16-10(2)7-17-14/h4-8H,1-3H3,(H,18,20)(H,19,21). The number of hydrogen-bond donors (Lipinski definition) is 2. The maximum absolute atomic E-state index is 12.1. The van der Waals surface area contributed by atoms with Crippen LogP contribution in [0.2, 0.25) is 0 Å². The van der Waals surface area contributed by atoms with Crippen LogP contribution in [-0.4, -0.2) is 21.8 Å². The fourth-order valence-electron chi connectivity index (χ4n) is 1.76. The van der Waals surface area contributed by atoms with Crippen LogP contribution in [-0.2, 0) is 4.79 Å². The molecule has 1 heterocycles. The van der Waals surface area contributed by atoms with Gasteiger partial charge < -0.3 is 10.6 Å². The van der Waals surface area contributed by atoms with E-state index >= 15 is 0 Å². The van der Waals surface area contributed by atoms with E-state index in [0.717, 1.165) is 11.3 Å². The van der Waals surface area contributed by atoms with Crippen molar-refractivity contribution in [2.75, 3.05) is 10.6 Å². The van der Waals surface area contributed by atoms with Gasteiger partial charge in [-0.25, -0.2) is 4.98 Å². The maximum Gasteiger partial charge on any atom is 0.275 e. The number of nitrogens with one attached hydrogen (secondary N) is 2. The van der Waals surface area contributed by atoms with Crippen LogP contribution < -0.4 is 10.6 Å². The lowest BCUT2D eigenvalue weighted by Crippen LogP contribution is -2.16. The summed E-state index contributed by atoms with van der Waals surface area (Å²) in [5.74, 6) is -0.579. The number of nitrogens with zero attached hydrogens (tertiary/aromatic N) is 2. The second-order valence-electron chi connectivity index (χ2n) is 4.73. The van der Waals surface area contributed by atoms with Gasteiger partial charge in [-0.15, -0.1) is 0 Å². The molecule has 1 aromatic heterocycles. The summed E-state index contributed by atoms with van der Waals surface area (Å²) in [6.07, 6.45) is 2.94. The highest BCUT2D eigenvalue weighted by molar-refractivity contribution is 6.06. The highest BCUT2D eigenvalue weighted by Gasteiger charge is 2.11. The molecule has 0 spiro atoms. The summed E-state index contributed by atoms with van der Waals surface area (Å²) in [7, 11) is 0. The van der Waals surface area contributed by atoms with Crippen LogP contribution >= 0.6 is 0 Å². The van der Waals surface area contributed by atoms with E-state index in [2.05, 4.69) is 20.6 Å². The summed E-state index contributed by atoms with van der Waals surface area (Å²) in [6.45, 7) is 5.11. The molecule has 0 radical (unpaired) electrons. The van der Waals surface area contributed by atoms with Gasteiger partial charge in [-0.05, 0) is 31.5 Å². The van der Waals surface area contributed by atoms with Crippen molar-refractivity contribution in [2.45, 2.75) is 20.8 Å². The molecule has 6 heteroatoms. The third kappa shape index (κ3) is 3.85. The Balaban J connectivity index is 2.25. The van der Waals surface area contributed by atoms with Gasteiger partial charge in [-0.3, -0.25) is 14.6 Å². The third-order valence-corrected chi connectivity index (χ3v) is 2.75. The van der Waals surface area contributed by atoms with Gasteiger partial charge in [-0.2, -0.15) is 0 Å². The lowest BCUT2D eigenvalue weighted by Gasteiger charge is -2.12. The number of carbonyl (C=O) groups excluding carboxylic acids is 2. The number of amides is 2. The van der Waals surface area contributed by atoms with E-state index in [9.17, 15) is 9.59 Å². The Morgan fingerprint density at radius 2 is 1.76 bits per heavy atom. The Bertz CT molecular complexity index is 681. The van der Waals surface area contributed by atoms with E-state index < -0.39 is 0 Å². The van der Waals surface area contributed by atoms with E-state index in [1.807, 2.05) is 13.0 Å². The molecule has 0 unspecified atom stereocenters. The Hall–Kier alpha value is -2.76. The molecule has 1 aromatic carbocycles. The van der Waals surface area contributed by atoms with Crippen molar-refractivity contribution in [2.24, 2.45) is 0 Å². The van der Waals surface area contributed by atoms with Gasteiger partial charge in [0.25, 0.3) is 5.91 Å². The van der Waals surface area contributed by atoms with Gasteiger partial charge >= 0.3 is 0 Å². The predicted octanol–water partition coefficient (Wildman–Crippen LogP) is 2.30. The zero-order chi connectivity index (χ0) is 15.4. The molecule has 108 valence electrons. The van der Waals surface area contributed by atoms with Gasteiger partial charge in [0.1, 0.15) is 5.69 Å². The van der Waals surface area contributed by atoms with Crippen molar-refractivity contribution >= 4 is 23.2 Å². The Morgan fingerprint density at radius 1 is 1.00 bits per heavy atom. The van der Waals surface area contributed by atoms with E-state index in [-0.39, 0.29) is 17.5 Å². The SMILES string of the molecule is CC(=O)Nc1ccc(C)cc1NC(=O)c1cnc(C)cn1. The number of hydrogen-bond acceptors (Lipinski definition) is 4. The Morgan fingerprint density at radius 3 is 2.38 bits per heavy atom. The molecule has 21 heavy (non-hydrogen) atoms. The fourth-order valence-corrected chi connectivity index (χ4v) is 1.76. The van der Waals surface area contributed by atoms with Crippen molar-refractivity contribution in [3.8, 4) is 0 Å². The van der Waals surface area contributed by atoms with Crippen LogP contribution in [0.1, 0.15) is 28.7 Å². The zero-order valence-corrected chi connectivity index (χ0v) is 12.1. The topological polar surface area (TPSA) is 84.0 Å². The van der Waals surface area contributed by atoms with Crippen LogP contribution in [0.15, 0.2) is 30.6 Å². The maximum atomic E-state index is 12.1. The van der Waals surface area contributed by atoms with Crippen molar-refractivity contribution in [3.05, 3.63) is 47.5 Å². The van der Waals surface area contributed by atoms with E-state index in [1.54, 1.807) is 19.1 Å². The van der Waals surface area contributed by atoms with Gasteiger partial charge in [0.05, 0.1) is 23.3 Å². The van der Waals surface area contributed by atoms with Crippen LogP contribution in [0.4, 0.5) is 11.4 Å². The number of anilines is 2. The van der Waals surface area contributed by atoms with E-state index in [0.29, 0.717) is 11.4 Å². The molecule has 2 N–H and O–H groups in total.